The van der Waals surface area contributed by atoms with E-state index >= 15 is 0 Å². The maximum Gasteiger partial charge on any atom is 0.135 e. The van der Waals surface area contributed by atoms with E-state index in [1.54, 1.807) is 0 Å². The molecule has 0 aliphatic rings. The van der Waals surface area contributed by atoms with E-state index in [0.717, 1.165) is 33.2 Å². The van der Waals surface area contributed by atoms with Crippen LogP contribution in [-0.4, -0.2) is 4.98 Å². The van der Waals surface area contributed by atoms with Gasteiger partial charge in [0.1, 0.15) is 11.2 Å². The highest BCUT2D eigenvalue weighted by Crippen LogP contribution is 2.36. The van der Waals surface area contributed by atoms with Gasteiger partial charge < -0.3 is 4.42 Å². The second-order valence-electron chi connectivity index (χ2n) is 9.31. The Morgan fingerprint density at radius 1 is 0.559 bits per heavy atom. The summed E-state index contributed by atoms with van der Waals surface area (Å²) in [6, 6.07) is 38.2. The Labute approximate surface area is 199 Å². The quantitative estimate of drug-likeness (QED) is 0.275. The van der Waals surface area contributed by atoms with Crippen LogP contribution in [0.2, 0.25) is 0 Å². The predicted molar refractivity (Wildman–Crippen MR) is 141 cm³/mol. The molecule has 0 N–H and O–H groups in total. The summed E-state index contributed by atoms with van der Waals surface area (Å²) in [4.78, 5) is 4.72. The van der Waals surface area contributed by atoms with Gasteiger partial charge >= 0.3 is 0 Å². The van der Waals surface area contributed by atoms with E-state index < -0.39 is 0 Å². The second-order valence-corrected chi connectivity index (χ2v) is 9.31. The molecule has 2 nitrogen and oxygen atoms in total. The molecular weight excluding hydrogens is 414 g/mol. The van der Waals surface area contributed by atoms with Crippen LogP contribution in [0.3, 0.4) is 0 Å². The minimum Gasteiger partial charge on any atom is -0.456 e. The molecule has 0 bridgehead atoms. The molecular formula is C32H25NO. The zero-order valence-electron chi connectivity index (χ0n) is 19.3. The van der Waals surface area contributed by atoms with Crippen molar-refractivity contribution in [2.24, 2.45) is 0 Å². The molecule has 6 rings (SSSR count). The average Bonchev–Trinajstić information content (AvgIpc) is 3.27. The third kappa shape index (κ3) is 3.48. The third-order valence-electron chi connectivity index (χ3n) is 6.85. The van der Waals surface area contributed by atoms with Crippen molar-refractivity contribution >= 4 is 21.9 Å². The fourth-order valence-electron chi connectivity index (χ4n) is 4.75. The van der Waals surface area contributed by atoms with Crippen molar-refractivity contribution in [3.8, 4) is 22.4 Å². The fraction of sp³-hybridized carbons (Fsp3) is 0.0938. The Balaban J connectivity index is 1.45. The lowest BCUT2D eigenvalue weighted by molar-refractivity contribution is 0.640. The Morgan fingerprint density at radius 3 is 1.88 bits per heavy atom. The highest BCUT2D eigenvalue weighted by molar-refractivity contribution is 6.07. The molecule has 6 aromatic rings. The summed E-state index contributed by atoms with van der Waals surface area (Å²) in [5, 5.41) is 2.23. The van der Waals surface area contributed by atoms with Gasteiger partial charge in [0.15, 0.2) is 0 Å². The lowest BCUT2D eigenvalue weighted by Gasteiger charge is -2.26. The first-order valence-corrected chi connectivity index (χ1v) is 11.6. The summed E-state index contributed by atoms with van der Waals surface area (Å²) >= 11 is 0. The number of aromatic nitrogens is 1. The number of hydrogen-bond donors (Lipinski definition) is 0. The van der Waals surface area contributed by atoms with Crippen LogP contribution in [0, 0.1) is 0 Å². The van der Waals surface area contributed by atoms with Crippen LogP contribution >= 0.6 is 0 Å². The molecule has 34 heavy (non-hydrogen) atoms. The molecule has 2 heteroatoms. The zero-order chi connectivity index (χ0) is 23.1. The van der Waals surface area contributed by atoms with E-state index in [9.17, 15) is 0 Å². The van der Waals surface area contributed by atoms with Gasteiger partial charge in [-0.25, -0.2) is 0 Å². The van der Waals surface area contributed by atoms with E-state index in [1.165, 1.54) is 22.3 Å². The van der Waals surface area contributed by atoms with Crippen LogP contribution in [0.25, 0.3) is 44.3 Å². The number of hydrogen-bond acceptors (Lipinski definition) is 2. The maximum absolute atomic E-state index is 6.15. The van der Waals surface area contributed by atoms with Crippen molar-refractivity contribution in [3.63, 3.8) is 0 Å². The van der Waals surface area contributed by atoms with Crippen LogP contribution < -0.4 is 0 Å². The van der Waals surface area contributed by atoms with Crippen molar-refractivity contribution in [1.82, 2.24) is 4.98 Å². The Bertz CT molecular complexity index is 1610. The highest BCUT2D eigenvalue weighted by Gasteiger charge is 2.23. The zero-order valence-corrected chi connectivity index (χ0v) is 19.3. The first kappa shape index (κ1) is 20.4. The molecule has 0 atom stereocenters. The number of pyridine rings is 1. The van der Waals surface area contributed by atoms with Crippen LogP contribution in [0.15, 0.2) is 120 Å². The molecule has 4 aromatic carbocycles. The molecule has 0 radical (unpaired) electrons. The van der Waals surface area contributed by atoms with Gasteiger partial charge in [0, 0.05) is 27.9 Å². The van der Waals surface area contributed by atoms with Gasteiger partial charge in [0.05, 0.1) is 5.69 Å². The molecule has 0 saturated carbocycles. The molecule has 0 spiro atoms. The van der Waals surface area contributed by atoms with Gasteiger partial charge in [0.2, 0.25) is 0 Å². The topological polar surface area (TPSA) is 26.0 Å². The summed E-state index contributed by atoms with van der Waals surface area (Å²) in [5.74, 6) is 0. The molecule has 0 aliphatic heterocycles. The molecule has 164 valence electrons. The minimum atomic E-state index is -0.115. The fourth-order valence-corrected chi connectivity index (χ4v) is 4.75. The van der Waals surface area contributed by atoms with E-state index in [-0.39, 0.29) is 5.41 Å². The van der Waals surface area contributed by atoms with Gasteiger partial charge in [-0.3, -0.25) is 4.98 Å². The van der Waals surface area contributed by atoms with E-state index in [2.05, 4.69) is 117 Å². The van der Waals surface area contributed by atoms with Crippen molar-refractivity contribution < 1.29 is 4.42 Å². The summed E-state index contributed by atoms with van der Waals surface area (Å²) < 4.78 is 6.15. The Kier molecular flexibility index (Phi) is 4.81. The molecule has 0 unspecified atom stereocenters. The largest absolute Gasteiger partial charge is 0.456 e. The van der Waals surface area contributed by atoms with E-state index in [4.69, 9.17) is 9.40 Å². The van der Waals surface area contributed by atoms with E-state index in [0.29, 0.717) is 0 Å². The third-order valence-corrected chi connectivity index (χ3v) is 6.85. The van der Waals surface area contributed by atoms with Gasteiger partial charge in [-0.05, 0) is 64.7 Å². The standard InChI is InChI=1S/C32H25NO/c1-32(2,25-11-7-4-8-12-25)26-17-18-33-29(21-26)24-14-16-31-28(20-24)27-19-23(13-15-30(27)34-31)22-9-5-3-6-10-22/h3-21H,1-2H3. The van der Waals surface area contributed by atoms with Gasteiger partial charge in [-0.2, -0.15) is 0 Å². The van der Waals surface area contributed by atoms with Gasteiger partial charge in [-0.15, -0.1) is 0 Å². The predicted octanol–water partition coefficient (Wildman–Crippen LogP) is 8.64. The van der Waals surface area contributed by atoms with Gasteiger partial charge in [-0.1, -0.05) is 80.6 Å². The smallest absolute Gasteiger partial charge is 0.135 e. The minimum absolute atomic E-state index is 0.115. The van der Waals surface area contributed by atoms with Crippen LogP contribution in [-0.2, 0) is 5.41 Å². The average molecular weight is 440 g/mol. The molecule has 0 amide bonds. The lowest BCUT2D eigenvalue weighted by atomic mass is 9.78. The summed E-state index contributed by atoms with van der Waals surface area (Å²) in [6.07, 6.45) is 1.92. The number of rotatable bonds is 4. The van der Waals surface area contributed by atoms with Crippen molar-refractivity contribution in [2.75, 3.05) is 0 Å². The van der Waals surface area contributed by atoms with Crippen LogP contribution in [0.1, 0.15) is 25.0 Å². The molecule has 2 aromatic heterocycles. The van der Waals surface area contributed by atoms with E-state index in [1.807, 2.05) is 12.3 Å². The highest BCUT2D eigenvalue weighted by atomic mass is 16.3. The summed E-state index contributed by atoms with van der Waals surface area (Å²) in [7, 11) is 0. The maximum atomic E-state index is 6.15. The second kappa shape index (κ2) is 8.00. The van der Waals surface area contributed by atoms with Crippen molar-refractivity contribution in [1.29, 1.82) is 0 Å². The molecule has 2 heterocycles. The number of benzene rings is 4. The van der Waals surface area contributed by atoms with Crippen LogP contribution in [0.5, 0.6) is 0 Å². The number of furan rings is 1. The number of fused-ring (bicyclic) bond motifs is 3. The Morgan fingerprint density at radius 2 is 1.18 bits per heavy atom. The monoisotopic (exact) mass is 439 g/mol. The summed E-state index contributed by atoms with van der Waals surface area (Å²) in [6.45, 7) is 4.53. The molecule has 0 saturated heterocycles. The number of nitrogens with zero attached hydrogens (tertiary/aromatic N) is 1. The van der Waals surface area contributed by atoms with Crippen molar-refractivity contribution in [2.45, 2.75) is 19.3 Å². The Hall–Kier alpha value is -4.17. The SMILES string of the molecule is CC(C)(c1ccccc1)c1ccnc(-c2ccc3oc4ccc(-c5ccccc5)cc4c3c2)c1. The molecule has 0 aliphatic carbocycles. The first-order chi connectivity index (χ1) is 16.6. The van der Waals surface area contributed by atoms with Crippen LogP contribution in [0.4, 0.5) is 0 Å². The first-order valence-electron chi connectivity index (χ1n) is 11.6. The normalized spacial score (nSPS) is 11.8. The van der Waals surface area contributed by atoms with Gasteiger partial charge in [0.25, 0.3) is 0 Å². The van der Waals surface area contributed by atoms with Crippen molar-refractivity contribution in [3.05, 3.63) is 127 Å². The summed E-state index contributed by atoms with van der Waals surface area (Å²) in [5.41, 5.74) is 8.66. The molecule has 0 fully saturated rings. The lowest BCUT2D eigenvalue weighted by Crippen LogP contribution is -2.18.